The number of alkyl halides is 2. The third kappa shape index (κ3) is 5.86. The van der Waals surface area contributed by atoms with E-state index in [1.165, 1.54) is 14.1 Å². The number of ether oxygens (including phenoxy) is 1. The summed E-state index contributed by atoms with van der Waals surface area (Å²) >= 11 is 14.2. The summed E-state index contributed by atoms with van der Waals surface area (Å²) in [6, 6.07) is 12.1. The van der Waals surface area contributed by atoms with Gasteiger partial charge in [0.15, 0.2) is 12.1 Å². The van der Waals surface area contributed by atoms with Gasteiger partial charge >= 0.3 is 12.1 Å². The molecule has 4 aromatic rings. The van der Waals surface area contributed by atoms with E-state index in [-0.39, 0.29) is 39.8 Å². The van der Waals surface area contributed by atoms with Crippen molar-refractivity contribution in [3.05, 3.63) is 75.0 Å². The molecule has 53 heavy (non-hydrogen) atoms. The highest BCUT2D eigenvalue weighted by atomic mass is 35.5. The maximum atomic E-state index is 13.9. The Kier molecular flexibility index (Phi) is 8.79. The molecule has 4 amide bonds. The topological polar surface area (TPSA) is 148 Å². The number of pyridine rings is 1. The predicted octanol–water partition coefficient (Wildman–Crippen LogP) is 6.44. The fourth-order valence-corrected chi connectivity index (χ4v) is 8.52. The second kappa shape index (κ2) is 13.2. The Morgan fingerprint density at radius 3 is 2.49 bits per heavy atom. The number of hydrogen-bond donors (Lipinski definition) is 4. The summed E-state index contributed by atoms with van der Waals surface area (Å²) in [5, 5.41) is 20.6. The van der Waals surface area contributed by atoms with Crippen LogP contribution in [0.3, 0.4) is 0 Å². The second-order valence-corrected chi connectivity index (χ2v) is 14.5. The number of urea groups is 2. The first-order valence-corrected chi connectivity index (χ1v) is 17.8. The number of fused-ring (bicyclic) bond motifs is 2. The Morgan fingerprint density at radius 1 is 1.04 bits per heavy atom. The Hall–Kier alpha value is -4.83. The Bertz CT molecular complexity index is 2180. The Morgan fingerprint density at radius 2 is 1.77 bits per heavy atom. The van der Waals surface area contributed by atoms with Crippen LogP contribution < -0.4 is 25.6 Å². The standard InChI is InChI=1S/C36H35Cl2F2N9O4/c1-47-31-25(33(50)48(2)35(47)52)29(44-30(45-31)28(39)40)42-21-9-5-7-19(27(21)38)18-6-4-8-20(26(18)37)22-14-17-10-11-23(24(17)32(43-22)53-3)49-13-12-36(16-49)15-41-34(51)46-36/h4-9,14,23,28,33,50H,10-13,15-16H2,1-3H3,(H2,41,46,51)(H,42,44,45)/t23-,33?,36-/m1/s1. The third-order valence-corrected chi connectivity index (χ3v) is 11.4. The van der Waals surface area contributed by atoms with Crippen LogP contribution in [0.25, 0.3) is 22.4 Å². The molecule has 1 spiro atoms. The molecule has 5 heterocycles. The van der Waals surface area contributed by atoms with Crippen molar-refractivity contribution in [1.29, 1.82) is 0 Å². The molecule has 2 aromatic carbocycles. The van der Waals surface area contributed by atoms with Crippen molar-refractivity contribution in [2.24, 2.45) is 0 Å². The van der Waals surface area contributed by atoms with Crippen LogP contribution in [-0.2, 0) is 6.42 Å². The summed E-state index contributed by atoms with van der Waals surface area (Å²) in [6.45, 7) is 2.20. The lowest BCUT2D eigenvalue weighted by molar-refractivity contribution is 0.0437. The van der Waals surface area contributed by atoms with E-state index < -0.39 is 24.5 Å². The molecule has 4 aliphatic rings. The number of aromatic nitrogens is 3. The van der Waals surface area contributed by atoms with Crippen LogP contribution in [0.1, 0.15) is 54.1 Å². The molecule has 1 unspecified atom stereocenters. The fraction of sp³-hybridized carbons (Fsp3) is 0.361. The number of rotatable bonds is 7. The number of methoxy groups -OCH3 is 1. The van der Waals surface area contributed by atoms with Gasteiger partial charge in [-0.1, -0.05) is 53.5 Å². The van der Waals surface area contributed by atoms with Crippen LogP contribution in [0.5, 0.6) is 5.88 Å². The summed E-state index contributed by atoms with van der Waals surface area (Å²) in [5.74, 6) is -0.580. The van der Waals surface area contributed by atoms with Gasteiger partial charge in [-0.15, -0.1) is 0 Å². The number of carbonyl (C=O) groups excluding carboxylic acids is 2. The minimum Gasteiger partial charge on any atom is -0.481 e. The number of carbonyl (C=O) groups is 2. The molecule has 2 fully saturated rings. The molecule has 0 bridgehead atoms. The summed E-state index contributed by atoms with van der Waals surface area (Å²) < 4.78 is 33.7. The van der Waals surface area contributed by atoms with Crippen molar-refractivity contribution in [2.75, 3.05) is 51.1 Å². The molecule has 17 heteroatoms. The van der Waals surface area contributed by atoms with E-state index in [0.717, 1.165) is 53.3 Å². The number of halogens is 4. The lowest BCUT2D eigenvalue weighted by Crippen LogP contribution is -2.46. The van der Waals surface area contributed by atoms with Gasteiger partial charge in [0.1, 0.15) is 11.6 Å². The van der Waals surface area contributed by atoms with Gasteiger partial charge in [-0.25, -0.2) is 33.3 Å². The SMILES string of the molecule is COc1nc(-c2cccc(-c3cccc(Nc4nc(C(F)F)nc5c4C(O)N(C)C(=O)N5C)c3Cl)c2Cl)cc2c1[C@H](N1CC[C@@]3(CNC(=O)N3)C1)CC2. The van der Waals surface area contributed by atoms with Gasteiger partial charge in [-0.05, 0) is 37.0 Å². The van der Waals surface area contributed by atoms with Gasteiger partial charge in [0.2, 0.25) is 5.88 Å². The molecule has 8 rings (SSSR count). The highest BCUT2D eigenvalue weighted by molar-refractivity contribution is 6.39. The lowest BCUT2D eigenvalue weighted by atomic mass is 9.99. The van der Waals surface area contributed by atoms with Gasteiger partial charge in [0.05, 0.1) is 39.6 Å². The number of anilines is 3. The van der Waals surface area contributed by atoms with Gasteiger partial charge in [0.25, 0.3) is 6.43 Å². The lowest BCUT2D eigenvalue weighted by Gasteiger charge is -2.36. The molecule has 0 radical (unpaired) electrons. The van der Waals surface area contributed by atoms with E-state index in [4.69, 9.17) is 32.9 Å². The van der Waals surface area contributed by atoms with Crippen molar-refractivity contribution in [3.8, 4) is 28.3 Å². The number of hydrogen-bond acceptors (Lipinski definition) is 9. The first-order chi connectivity index (χ1) is 25.4. The van der Waals surface area contributed by atoms with Crippen molar-refractivity contribution in [1.82, 2.24) is 35.4 Å². The largest absolute Gasteiger partial charge is 0.481 e. The predicted molar refractivity (Wildman–Crippen MR) is 195 cm³/mol. The first-order valence-electron chi connectivity index (χ1n) is 17.0. The van der Waals surface area contributed by atoms with E-state index in [1.54, 1.807) is 25.3 Å². The highest BCUT2D eigenvalue weighted by Crippen LogP contribution is 2.47. The summed E-state index contributed by atoms with van der Waals surface area (Å²) in [5.41, 5.74) is 4.65. The molecule has 2 saturated heterocycles. The molecule has 3 aliphatic heterocycles. The minimum absolute atomic E-state index is 0.0333. The van der Waals surface area contributed by atoms with Gasteiger partial charge in [0, 0.05) is 62.0 Å². The molecular weight excluding hydrogens is 731 g/mol. The van der Waals surface area contributed by atoms with Crippen molar-refractivity contribution < 1.29 is 28.2 Å². The Labute approximate surface area is 313 Å². The Balaban J connectivity index is 1.13. The number of aryl methyl sites for hydroxylation is 1. The van der Waals surface area contributed by atoms with Crippen LogP contribution in [0.4, 0.5) is 35.7 Å². The van der Waals surface area contributed by atoms with E-state index in [1.807, 2.05) is 18.2 Å². The fourth-order valence-electron chi connectivity index (χ4n) is 7.92. The summed E-state index contributed by atoms with van der Waals surface area (Å²) in [4.78, 5) is 41.9. The molecule has 276 valence electrons. The number of benzene rings is 2. The molecule has 1 aliphatic carbocycles. The zero-order chi connectivity index (χ0) is 37.3. The average molecular weight is 767 g/mol. The van der Waals surface area contributed by atoms with E-state index in [9.17, 15) is 23.5 Å². The number of amides is 4. The second-order valence-electron chi connectivity index (χ2n) is 13.7. The molecule has 13 nitrogen and oxygen atoms in total. The van der Waals surface area contributed by atoms with Crippen LogP contribution >= 0.6 is 23.2 Å². The first kappa shape index (κ1) is 35.2. The van der Waals surface area contributed by atoms with Gasteiger partial charge < -0.3 is 25.8 Å². The third-order valence-electron chi connectivity index (χ3n) is 10.6. The molecule has 4 N–H and O–H groups in total. The van der Waals surface area contributed by atoms with Gasteiger partial charge in [-0.2, -0.15) is 0 Å². The highest BCUT2D eigenvalue weighted by Gasteiger charge is 2.47. The van der Waals surface area contributed by atoms with Crippen molar-refractivity contribution in [3.63, 3.8) is 0 Å². The number of nitrogens with one attached hydrogen (secondary N) is 3. The van der Waals surface area contributed by atoms with Crippen LogP contribution in [0.15, 0.2) is 42.5 Å². The van der Waals surface area contributed by atoms with E-state index in [0.29, 0.717) is 45.5 Å². The quantitative estimate of drug-likeness (QED) is 0.167. The van der Waals surface area contributed by atoms with Crippen molar-refractivity contribution in [2.45, 2.75) is 43.5 Å². The van der Waals surface area contributed by atoms with E-state index in [2.05, 4.69) is 36.9 Å². The molecule has 2 aromatic heterocycles. The minimum atomic E-state index is -3.05. The molecule has 3 atom stereocenters. The summed E-state index contributed by atoms with van der Waals surface area (Å²) in [7, 11) is 4.36. The zero-order valence-electron chi connectivity index (χ0n) is 28.9. The normalized spacial score (nSPS) is 22.4. The molecular formula is C36H35Cl2F2N9O4. The maximum absolute atomic E-state index is 13.9. The smallest absolute Gasteiger partial charge is 0.327 e. The van der Waals surface area contributed by atoms with Crippen LogP contribution in [0.2, 0.25) is 10.0 Å². The summed E-state index contributed by atoms with van der Waals surface area (Å²) in [6.07, 6.45) is -1.98. The number of nitrogens with zero attached hydrogens (tertiary/aromatic N) is 6. The number of likely N-dealkylation sites (tertiary alicyclic amines) is 1. The average Bonchev–Trinajstić information content (AvgIpc) is 3.87. The molecule has 0 saturated carbocycles. The van der Waals surface area contributed by atoms with Crippen molar-refractivity contribution >= 4 is 52.6 Å². The van der Waals surface area contributed by atoms with Crippen LogP contribution in [-0.4, -0.2) is 88.3 Å². The number of aliphatic hydroxyl groups is 1. The van der Waals surface area contributed by atoms with E-state index >= 15 is 0 Å². The van der Waals surface area contributed by atoms with Crippen LogP contribution in [0, 0.1) is 0 Å². The zero-order valence-corrected chi connectivity index (χ0v) is 30.4. The number of aliphatic hydroxyl groups excluding tert-OH is 1. The van der Waals surface area contributed by atoms with Gasteiger partial charge in [-0.3, -0.25) is 14.7 Å². The monoisotopic (exact) mass is 765 g/mol. The maximum Gasteiger partial charge on any atom is 0.327 e.